The third kappa shape index (κ3) is 4.17. The Morgan fingerprint density at radius 1 is 1.08 bits per heavy atom. The number of carbonyl (C=O) groups is 1. The third-order valence-electron chi connectivity index (χ3n) is 12.6. The standard InChI is InChI=1S/C33H52O4/c1-6-7-8-9-29(34)36-24-13-15-31(4)23(18-24)10-11-25-26(31)14-16-32(5)27(25)19-28-30(32)22(3)33(37-28)17-12-21(2)20-35-33/h10,21-22,24-28,30H,6-9,11-20H2,1-5H3/t21-,22-,24+,25-,26+,27-,28-,30-,31-,32-,33+/m0/s1. The van der Waals surface area contributed by atoms with Gasteiger partial charge in [-0.05, 0) is 91.8 Å². The van der Waals surface area contributed by atoms with E-state index in [-0.39, 0.29) is 23.3 Å². The minimum absolute atomic E-state index is 0.0190. The van der Waals surface area contributed by atoms with Gasteiger partial charge in [-0.1, -0.05) is 59.1 Å². The first-order valence-electron chi connectivity index (χ1n) is 15.9. The molecule has 4 aliphatic carbocycles. The van der Waals surface area contributed by atoms with Crippen molar-refractivity contribution in [2.24, 2.45) is 46.3 Å². The highest BCUT2D eigenvalue weighted by molar-refractivity contribution is 5.69. The Bertz CT molecular complexity index is 902. The van der Waals surface area contributed by atoms with Crippen molar-refractivity contribution in [3.05, 3.63) is 11.6 Å². The van der Waals surface area contributed by atoms with Crippen LogP contribution >= 0.6 is 0 Å². The second-order valence-electron chi connectivity index (χ2n) is 14.6. The fraction of sp³-hybridized carbons (Fsp3) is 0.909. The molecule has 2 heterocycles. The van der Waals surface area contributed by atoms with Crippen LogP contribution in [0.3, 0.4) is 0 Å². The Labute approximate surface area is 225 Å². The lowest BCUT2D eigenvalue weighted by Gasteiger charge is -2.58. The summed E-state index contributed by atoms with van der Waals surface area (Å²) in [5.41, 5.74) is 2.25. The van der Waals surface area contributed by atoms with Gasteiger partial charge in [-0.25, -0.2) is 0 Å². The quantitative estimate of drug-likeness (QED) is 0.214. The number of allylic oxidation sites excluding steroid dienone is 1. The van der Waals surface area contributed by atoms with Crippen LogP contribution in [-0.2, 0) is 19.0 Å². The van der Waals surface area contributed by atoms with Gasteiger partial charge in [0.05, 0.1) is 12.7 Å². The summed E-state index contributed by atoms with van der Waals surface area (Å²) in [5.74, 6) is 3.77. The van der Waals surface area contributed by atoms with Gasteiger partial charge in [-0.3, -0.25) is 4.79 Å². The minimum Gasteiger partial charge on any atom is -0.462 e. The van der Waals surface area contributed by atoms with E-state index in [1.807, 2.05) is 0 Å². The van der Waals surface area contributed by atoms with E-state index in [4.69, 9.17) is 14.2 Å². The molecular weight excluding hydrogens is 460 g/mol. The van der Waals surface area contributed by atoms with Crippen LogP contribution in [-0.4, -0.2) is 30.6 Å². The number of carbonyl (C=O) groups excluding carboxylic acids is 1. The monoisotopic (exact) mass is 512 g/mol. The summed E-state index contributed by atoms with van der Waals surface area (Å²) in [6, 6.07) is 0. The van der Waals surface area contributed by atoms with Crippen molar-refractivity contribution in [2.45, 2.75) is 136 Å². The fourth-order valence-corrected chi connectivity index (χ4v) is 10.5. The molecule has 0 radical (unpaired) electrons. The summed E-state index contributed by atoms with van der Waals surface area (Å²) in [7, 11) is 0. The lowest BCUT2D eigenvalue weighted by Crippen LogP contribution is -2.52. The summed E-state index contributed by atoms with van der Waals surface area (Å²) in [4.78, 5) is 12.4. The van der Waals surface area contributed by atoms with Gasteiger partial charge >= 0.3 is 5.97 Å². The predicted octanol–water partition coefficient (Wildman–Crippen LogP) is 7.85. The molecule has 5 fully saturated rings. The van der Waals surface area contributed by atoms with Gasteiger partial charge in [-0.15, -0.1) is 0 Å². The van der Waals surface area contributed by atoms with Crippen LogP contribution in [0.1, 0.15) is 118 Å². The highest BCUT2D eigenvalue weighted by Crippen LogP contribution is 2.70. The molecule has 1 spiro atoms. The van der Waals surface area contributed by atoms with Gasteiger partial charge in [0, 0.05) is 25.2 Å². The molecule has 2 aliphatic heterocycles. The van der Waals surface area contributed by atoms with Crippen LogP contribution in [0.4, 0.5) is 0 Å². The normalized spacial score (nSPS) is 50.6. The number of unbranched alkanes of at least 4 members (excludes halogenated alkanes) is 2. The van der Waals surface area contributed by atoms with Crippen molar-refractivity contribution in [3.63, 3.8) is 0 Å². The molecule has 37 heavy (non-hydrogen) atoms. The zero-order chi connectivity index (χ0) is 26.0. The van der Waals surface area contributed by atoms with Crippen molar-refractivity contribution < 1.29 is 19.0 Å². The number of esters is 1. The summed E-state index contributed by atoms with van der Waals surface area (Å²) >= 11 is 0. The summed E-state index contributed by atoms with van der Waals surface area (Å²) < 4.78 is 19.4. The molecule has 3 saturated carbocycles. The Morgan fingerprint density at radius 3 is 2.68 bits per heavy atom. The van der Waals surface area contributed by atoms with E-state index in [1.54, 1.807) is 5.57 Å². The van der Waals surface area contributed by atoms with Gasteiger partial charge in [0.25, 0.3) is 0 Å². The zero-order valence-electron chi connectivity index (χ0n) is 24.2. The number of rotatable bonds is 5. The third-order valence-corrected chi connectivity index (χ3v) is 12.6. The maximum Gasteiger partial charge on any atom is 0.306 e. The molecule has 4 heteroatoms. The largest absolute Gasteiger partial charge is 0.462 e. The first-order chi connectivity index (χ1) is 17.7. The van der Waals surface area contributed by atoms with E-state index >= 15 is 0 Å². The maximum atomic E-state index is 12.4. The van der Waals surface area contributed by atoms with E-state index in [1.165, 1.54) is 38.5 Å². The molecule has 0 unspecified atom stereocenters. The summed E-state index contributed by atoms with van der Waals surface area (Å²) in [6.07, 6.45) is 17.4. The van der Waals surface area contributed by atoms with Crippen LogP contribution in [0.5, 0.6) is 0 Å². The van der Waals surface area contributed by atoms with Crippen molar-refractivity contribution in [2.75, 3.05) is 6.61 Å². The smallest absolute Gasteiger partial charge is 0.306 e. The maximum absolute atomic E-state index is 12.4. The van der Waals surface area contributed by atoms with E-state index in [0.717, 1.165) is 62.9 Å². The lowest BCUT2D eigenvalue weighted by molar-refractivity contribution is -0.272. The Kier molecular flexibility index (Phi) is 6.87. The highest BCUT2D eigenvalue weighted by Gasteiger charge is 2.68. The van der Waals surface area contributed by atoms with Gasteiger partial charge in [-0.2, -0.15) is 0 Å². The molecule has 6 rings (SSSR count). The van der Waals surface area contributed by atoms with Crippen molar-refractivity contribution in [1.82, 2.24) is 0 Å². The van der Waals surface area contributed by atoms with Gasteiger partial charge < -0.3 is 14.2 Å². The molecule has 0 N–H and O–H groups in total. The van der Waals surface area contributed by atoms with E-state index in [9.17, 15) is 4.79 Å². The van der Waals surface area contributed by atoms with E-state index < -0.39 is 0 Å². The Hall–Kier alpha value is -0.870. The van der Waals surface area contributed by atoms with E-state index in [2.05, 4.69) is 40.7 Å². The predicted molar refractivity (Wildman–Crippen MR) is 146 cm³/mol. The molecule has 6 aliphatic rings. The first-order valence-corrected chi connectivity index (χ1v) is 15.9. The van der Waals surface area contributed by atoms with Gasteiger partial charge in [0.15, 0.2) is 5.79 Å². The highest BCUT2D eigenvalue weighted by atomic mass is 16.7. The molecule has 0 amide bonds. The average Bonchev–Trinajstić information content (AvgIpc) is 3.31. The van der Waals surface area contributed by atoms with Crippen molar-refractivity contribution >= 4 is 5.97 Å². The number of hydrogen-bond donors (Lipinski definition) is 0. The van der Waals surface area contributed by atoms with Crippen LogP contribution < -0.4 is 0 Å². The molecule has 208 valence electrons. The van der Waals surface area contributed by atoms with Crippen molar-refractivity contribution in [3.8, 4) is 0 Å². The van der Waals surface area contributed by atoms with E-state index in [0.29, 0.717) is 35.7 Å². The SMILES string of the molecule is CCCCCC(=O)O[C@@H]1CC[C@@]2(C)C(=CC[C@H]3[C@H]2CC[C@]2(C)[C@@H]4[C@H](C[C@@H]32)O[C@]2(CC[C@H](C)CO2)[C@H]4C)C1. The van der Waals surface area contributed by atoms with Crippen LogP contribution in [0.25, 0.3) is 0 Å². The molecular formula is C33H52O4. The number of hydrogen-bond acceptors (Lipinski definition) is 4. The molecule has 11 atom stereocenters. The summed E-state index contributed by atoms with van der Waals surface area (Å²) in [6.45, 7) is 13.0. The minimum atomic E-state index is -0.315. The second kappa shape index (κ2) is 9.65. The molecule has 0 bridgehead atoms. The van der Waals surface area contributed by atoms with Gasteiger partial charge in [0.2, 0.25) is 0 Å². The molecule has 4 nitrogen and oxygen atoms in total. The average molecular weight is 513 g/mol. The molecule has 2 saturated heterocycles. The molecule has 0 aromatic heterocycles. The van der Waals surface area contributed by atoms with Crippen LogP contribution in [0, 0.1) is 46.3 Å². The number of fused-ring (bicyclic) bond motifs is 7. The fourth-order valence-electron chi connectivity index (χ4n) is 10.5. The molecule has 0 aromatic rings. The van der Waals surface area contributed by atoms with Gasteiger partial charge in [0.1, 0.15) is 6.10 Å². The Morgan fingerprint density at radius 2 is 1.92 bits per heavy atom. The topological polar surface area (TPSA) is 44.8 Å². The zero-order valence-corrected chi connectivity index (χ0v) is 24.2. The Balaban J connectivity index is 1.15. The molecule has 0 aromatic carbocycles. The van der Waals surface area contributed by atoms with Crippen LogP contribution in [0.15, 0.2) is 11.6 Å². The second-order valence-corrected chi connectivity index (χ2v) is 14.6. The van der Waals surface area contributed by atoms with Crippen LogP contribution in [0.2, 0.25) is 0 Å². The lowest BCUT2D eigenvalue weighted by atomic mass is 9.47. The van der Waals surface area contributed by atoms with Crippen molar-refractivity contribution in [1.29, 1.82) is 0 Å². The summed E-state index contributed by atoms with van der Waals surface area (Å²) in [5, 5.41) is 0. The first kappa shape index (κ1) is 26.4. The number of ether oxygens (including phenoxy) is 3.